The number of nitro groups is 1. The molecule has 1 aliphatic rings. The van der Waals surface area contributed by atoms with Crippen molar-refractivity contribution in [2.75, 3.05) is 25.1 Å². The highest BCUT2D eigenvalue weighted by Gasteiger charge is 2.21. The van der Waals surface area contributed by atoms with Gasteiger partial charge >= 0.3 is 0 Å². The van der Waals surface area contributed by atoms with Gasteiger partial charge in [-0.15, -0.1) is 0 Å². The van der Waals surface area contributed by atoms with Crippen LogP contribution in [0, 0.1) is 10.1 Å². The van der Waals surface area contributed by atoms with Gasteiger partial charge in [-0.1, -0.05) is 0 Å². The molecular weight excluding hydrogens is 248 g/mol. The zero-order valence-electron chi connectivity index (χ0n) is 10.7. The molecule has 0 spiro atoms. The third-order valence-corrected chi connectivity index (χ3v) is 3.46. The summed E-state index contributed by atoms with van der Waals surface area (Å²) in [6.45, 7) is 1.58. The molecule has 6 heteroatoms. The fourth-order valence-corrected chi connectivity index (χ4v) is 2.37. The number of nitro benzene ring substituents is 1. The molecule has 1 aliphatic heterocycles. The van der Waals surface area contributed by atoms with Gasteiger partial charge in [0.25, 0.3) is 5.69 Å². The number of piperidine rings is 1. The fourth-order valence-electron chi connectivity index (χ4n) is 2.37. The van der Waals surface area contributed by atoms with Gasteiger partial charge in [-0.25, -0.2) is 0 Å². The Morgan fingerprint density at radius 3 is 2.63 bits per heavy atom. The molecule has 0 saturated carbocycles. The lowest BCUT2D eigenvalue weighted by Crippen LogP contribution is -2.37. The first-order valence-electron chi connectivity index (χ1n) is 6.17. The molecule has 0 radical (unpaired) electrons. The van der Waals surface area contributed by atoms with Crippen LogP contribution in [0.2, 0.25) is 0 Å². The Hall–Kier alpha value is -1.95. The molecule has 0 unspecified atom stereocenters. The highest BCUT2D eigenvalue weighted by molar-refractivity contribution is 5.86. The lowest BCUT2D eigenvalue weighted by atomic mass is 10.0. The molecule has 19 heavy (non-hydrogen) atoms. The molecule has 0 aliphatic carbocycles. The number of aldehydes is 1. The predicted molar refractivity (Wildman–Crippen MR) is 70.7 cm³/mol. The van der Waals surface area contributed by atoms with Crippen LogP contribution in [0.15, 0.2) is 18.2 Å². The Labute approximate surface area is 111 Å². The Morgan fingerprint density at radius 2 is 2.11 bits per heavy atom. The number of anilines is 1. The van der Waals surface area contributed by atoms with Gasteiger partial charge in [0.05, 0.1) is 11.0 Å². The van der Waals surface area contributed by atoms with E-state index < -0.39 is 4.92 Å². The maximum Gasteiger partial charge on any atom is 0.270 e. The van der Waals surface area contributed by atoms with E-state index in [-0.39, 0.29) is 11.8 Å². The zero-order valence-corrected chi connectivity index (χ0v) is 10.7. The molecule has 1 heterocycles. The maximum atomic E-state index is 11.1. The zero-order chi connectivity index (χ0) is 13.8. The smallest absolute Gasteiger partial charge is 0.270 e. The highest BCUT2D eigenvalue weighted by atomic mass is 16.6. The van der Waals surface area contributed by atoms with Crippen molar-refractivity contribution < 1.29 is 14.5 Å². The van der Waals surface area contributed by atoms with Gasteiger partial charge in [0, 0.05) is 43.6 Å². The third-order valence-electron chi connectivity index (χ3n) is 3.46. The second-order valence-corrected chi connectivity index (χ2v) is 4.54. The summed E-state index contributed by atoms with van der Waals surface area (Å²) >= 11 is 0. The summed E-state index contributed by atoms with van der Waals surface area (Å²) in [4.78, 5) is 23.4. The van der Waals surface area contributed by atoms with Crippen molar-refractivity contribution in [3.8, 4) is 0 Å². The van der Waals surface area contributed by atoms with Crippen molar-refractivity contribution in [3.63, 3.8) is 0 Å². The number of hydrogen-bond acceptors (Lipinski definition) is 5. The highest BCUT2D eigenvalue weighted by Crippen LogP contribution is 2.27. The molecule has 0 amide bonds. The largest absolute Gasteiger partial charge is 0.381 e. The average Bonchev–Trinajstić information content (AvgIpc) is 2.46. The van der Waals surface area contributed by atoms with Gasteiger partial charge in [0.1, 0.15) is 0 Å². The van der Waals surface area contributed by atoms with Gasteiger partial charge in [0.2, 0.25) is 0 Å². The first-order chi connectivity index (χ1) is 9.15. The quantitative estimate of drug-likeness (QED) is 0.472. The Bertz CT molecular complexity index is 482. The number of ether oxygens (including phenoxy) is 1. The number of carbonyl (C=O) groups excluding carboxylic acids is 1. The third kappa shape index (κ3) is 2.90. The van der Waals surface area contributed by atoms with Crippen molar-refractivity contribution in [1.82, 2.24) is 0 Å². The monoisotopic (exact) mass is 264 g/mol. The number of hydrogen-bond donors (Lipinski definition) is 0. The summed E-state index contributed by atoms with van der Waals surface area (Å²) in [6.07, 6.45) is 2.72. The number of benzene rings is 1. The normalized spacial score (nSPS) is 16.4. The van der Waals surface area contributed by atoms with Gasteiger partial charge in [0.15, 0.2) is 6.29 Å². The Kier molecular flexibility index (Phi) is 4.11. The lowest BCUT2D eigenvalue weighted by molar-refractivity contribution is -0.384. The summed E-state index contributed by atoms with van der Waals surface area (Å²) in [6, 6.07) is 4.41. The van der Waals surface area contributed by atoms with E-state index in [0.29, 0.717) is 11.8 Å². The van der Waals surface area contributed by atoms with Crippen LogP contribution in [0.4, 0.5) is 11.4 Å². The molecule has 1 fully saturated rings. The molecule has 0 N–H and O–H groups in total. The molecule has 102 valence electrons. The molecule has 2 rings (SSSR count). The van der Waals surface area contributed by atoms with E-state index in [1.807, 2.05) is 0 Å². The Balaban J connectivity index is 2.20. The number of methoxy groups -OCH3 is 1. The first-order valence-corrected chi connectivity index (χ1v) is 6.17. The van der Waals surface area contributed by atoms with Crippen molar-refractivity contribution in [2.45, 2.75) is 18.9 Å². The minimum Gasteiger partial charge on any atom is -0.381 e. The fraction of sp³-hybridized carbons (Fsp3) is 0.462. The topological polar surface area (TPSA) is 72.7 Å². The van der Waals surface area contributed by atoms with Gasteiger partial charge in [-0.2, -0.15) is 0 Å². The minimum absolute atomic E-state index is 0.0578. The molecule has 0 atom stereocenters. The van der Waals surface area contributed by atoms with E-state index in [0.717, 1.165) is 31.6 Å². The van der Waals surface area contributed by atoms with E-state index in [1.54, 1.807) is 13.2 Å². The number of carbonyl (C=O) groups is 1. The second kappa shape index (κ2) is 5.79. The second-order valence-electron chi connectivity index (χ2n) is 4.54. The lowest BCUT2D eigenvalue weighted by Gasteiger charge is -2.33. The van der Waals surface area contributed by atoms with Crippen LogP contribution < -0.4 is 4.90 Å². The number of rotatable bonds is 4. The van der Waals surface area contributed by atoms with Crippen LogP contribution in [0.5, 0.6) is 0 Å². The van der Waals surface area contributed by atoms with Gasteiger partial charge in [-0.05, 0) is 18.9 Å². The van der Waals surface area contributed by atoms with Crippen LogP contribution in [-0.2, 0) is 4.74 Å². The summed E-state index contributed by atoms with van der Waals surface area (Å²) in [5.41, 5.74) is 1.07. The van der Waals surface area contributed by atoms with Crippen molar-refractivity contribution in [1.29, 1.82) is 0 Å². The van der Waals surface area contributed by atoms with Gasteiger partial charge in [-0.3, -0.25) is 14.9 Å². The SMILES string of the molecule is COC1CCN(c2ccc([N+](=O)[O-])cc2C=O)CC1. The summed E-state index contributed by atoms with van der Waals surface area (Å²) < 4.78 is 5.30. The van der Waals surface area contributed by atoms with Crippen LogP contribution in [-0.4, -0.2) is 37.5 Å². The van der Waals surface area contributed by atoms with E-state index in [4.69, 9.17) is 4.74 Å². The van der Waals surface area contributed by atoms with Crippen LogP contribution >= 0.6 is 0 Å². The molecule has 1 aromatic rings. The van der Waals surface area contributed by atoms with Crippen LogP contribution in [0.3, 0.4) is 0 Å². The van der Waals surface area contributed by atoms with E-state index in [9.17, 15) is 14.9 Å². The number of non-ortho nitro benzene ring substituents is 1. The predicted octanol–water partition coefficient (Wildman–Crippen LogP) is 2.02. The molecule has 6 nitrogen and oxygen atoms in total. The summed E-state index contributed by atoms with van der Waals surface area (Å²) in [7, 11) is 1.70. The minimum atomic E-state index is -0.492. The summed E-state index contributed by atoms with van der Waals surface area (Å²) in [5, 5.41) is 10.7. The average molecular weight is 264 g/mol. The summed E-state index contributed by atoms with van der Waals surface area (Å²) in [5.74, 6) is 0. The molecule has 0 bridgehead atoms. The standard InChI is InChI=1S/C13H16N2O4/c1-19-12-4-6-14(7-5-12)13-3-2-11(15(17)18)8-10(13)9-16/h2-3,8-9,12H,4-7H2,1H3. The van der Waals surface area contributed by atoms with Crippen molar-refractivity contribution in [2.24, 2.45) is 0 Å². The first kappa shape index (κ1) is 13.5. The molecular formula is C13H16N2O4. The van der Waals surface area contributed by atoms with E-state index >= 15 is 0 Å². The maximum absolute atomic E-state index is 11.1. The van der Waals surface area contributed by atoms with E-state index in [1.165, 1.54) is 12.1 Å². The molecule has 1 saturated heterocycles. The Morgan fingerprint density at radius 1 is 1.42 bits per heavy atom. The van der Waals surface area contributed by atoms with E-state index in [2.05, 4.69) is 4.90 Å². The van der Waals surface area contributed by atoms with Crippen molar-refractivity contribution >= 4 is 17.7 Å². The number of nitrogens with zero attached hydrogens (tertiary/aromatic N) is 2. The van der Waals surface area contributed by atoms with Crippen molar-refractivity contribution in [3.05, 3.63) is 33.9 Å². The van der Waals surface area contributed by atoms with Crippen LogP contribution in [0.1, 0.15) is 23.2 Å². The molecule has 1 aromatic carbocycles. The van der Waals surface area contributed by atoms with Crippen LogP contribution in [0.25, 0.3) is 0 Å². The van der Waals surface area contributed by atoms with Gasteiger partial charge < -0.3 is 9.64 Å². The molecule has 0 aromatic heterocycles.